The lowest BCUT2D eigenvalue weighted by Gasteiger charge is -2.29. The van der Waals surface area contributed by atoms with E-state index in [9.17, 15) is 9.50 Å². The lowest BCUT2D eigenvalue weighted by atomic mass is 9.86. The monoisotopic (exact) mass is 252 g/mol. The fourth-order valence-electron chi connectivity index (χ4n) is 2.63. The first-order valence-electron chi connectivity index (χ1n) is 6.79. The second-order valence-corrected chi connectivity index (χ2v) is 5.06. The summed E-state index contributed by atoms with van der Waals surface area (Å²) >= 11 is 0. The van der Waals surface area contributed by atoms with Gasteiger partial charge in [-0.15, -0.1) is 0 Å². The van der Waals surface area contributed by atoms with Crippen molar-refractivity contribution >= 4 is 0 Å². The van der Waals surface area contributed by atoms with E-state index in [0.29, 0.717) is 5.56 Å². The Morgan fingerprint density at radius 2 is 2.00 bits per heavy atom. The molecule has 0 aromatic heterocycles. The van der Waals surface area contributed by atoms with Crippen LogP contribution in [0.5, 0.6) is 5.75 Å². The number of aliphatic hydroxyl groups excluding tert-OH is 1. The van der Waals surface area contributed by atoms with Crippen LogP contribution in [0.1, 0.15) is 44.6 Å². The zero-order valence-corrected chi connectivity index (χ0v) is 10.9. The summed E-state index contributed by atoms with van der Waals surface area (Å²) in [4.78, 5) is 0. The molecule has 1 aromatic rings. The van der Waals surface area contributed by atoms with Crippen molar-refractivity contribution in [3.8, 4) is 5.75 Å². The highest BCUT2D eigenvalue weighted by Crippen LogP contribution is 2.31. The molecule has 1 saturated carbocycles. The SMILES string of the molecule is CCC1CCC(Oc2c(F)cccc2CO)CC1. The van der Waals surface area contributed by atoms with Crippen LogP contribution in [0.15, 0.2) is 18.2 Å². The van der Waals surface area contributed by atoms with Gasteiger partial charge in [-0.3, -0.25) is 0 Å². The van der Waals surface area contributed by atoms with E-state index in [2.05, 4.69) is 6.92 Å². The molecule has 0 heterocycles. The van der Waals surface area contributed by atoms with Gasteiger partial charge in [-0.2, -0.15) is 0 Å². The molecule has 1 aliphatic rings. The number of halogens is 1. The fraction of sp³-hybridized carbons (Fsp3) is 0.600. The molecule has 18 heavy (non-hydrogen) atoms. The van der Waals surface area contributed by atoms with Crippen LogP contribution in [0, 0.1) is 11.7 Å². The smallest absolute Gasteiger partial charge is 0.165 e. The molecule has 0 radical (unpaired) electrons. The molecule has 1 aromatic carbocycles. The van der Waals surface area contributed by atoms with Crippen molar-refractivity contribution in [2.75, 3.05) is 0 Å². The van der Waals surface area contributed by atoms with E-state index < -0.39 is 0 Å². The second-order valence-electron chi connectivity index (χ2n) is 5.06. The Morgan fingerprint density at radius 3 is 2.61 bits per heavy atom. The summed E-state index contributed by atoms with van der Waals surface area (Å²) in [5, 5.41) is 9.21. The summed E-state index contributed by atoms with van der Waals surface area (Å²) < 4.78 is 19.5. The Hall–Kier alpha value is -1.09. The Balaban J connectivity index is 2.02. The number of aliphatic hydroxyl groups is 1. The normalized spacial score (nSPS) is 23.9. The number of hydrogen-bond donors (Lipinski definition) is 1. The van der Waals surface area contributed by atoms with Gasteiger partial charge in [0.1, 0.15) is 0 Å². The van der Waals surface area contributed by atoms with E-state index >= 15 is 0 Å². The maximum atomic E-state index is 13.7. The summed E-state index contributed by atoms with van der Waals surface area (Å²) in [7, 11) is 0. The quantitative estimate of drug-likeness (QED) is 0.886. The van der Waals surface area contributed by atoms with Gasteiger partial charge in [-0.05, 0) is 37.7 Å². The molecule has 0 atom stereocenters. The molecule has 0 unspecified atom stereocenters. The number of rotatable bonds is 4. The van der Waals surface area contributed by atoms with Crippen molar-refractivity contribution in [2.45, 2.75) is 51.7 Å². The summed E-state index contributed by atoms with van der Waals surface area (Å²) in [5.41, 5.74) is 0.535. The van der Waals surface area contributed by atoms with Gasteiger partial charge in [-0.1, -0.05) is 25.5 Å². The summed E-state index contributed by atoms with van der Waals surface area (Å²) in [6.45, 7) is 2.03. The molecule has 1 aliphatic carbocycles. The average molecular weight is 252 g/mol. The van der Waals surface area contributed by atoms with Crippen molar-refractivity contribution in [1.82, 2.24) is 0 Å². The summed E-state index contributed by atoms with van der Waals surface area (Å²) in [5.74, 6) is 0.655. The Bertz CT molecular complexity index is 384. The zero-order valence-electron chi connectivity index (χ0n) is 10.9. The first-order chi connectivity index (χ1) is 8.74. The van der Waals surface area contributed by atoms with Crippen molar-refractivity contribution in [3.05, 3.63) is 29.6 Å². The van der Waals surface area contributed by atoms with Crippen LogP contribution < -0.4 is 4.74 Å². The van der Waals surface area contributed by atoms with E-state index in [4.69, 9.17) is 4.74 Å². The van der Waals surface area contributed by atoms with E-state index in [1.165, 1.54) is 12.5 Å². The van der Waals surface area contributed by atoms with Gasteiger partial charge < -0.3 is 9.84 Å². The molecule has 2 rings (SSSR count). The molecule has 1 N–H and O–H groups in total. The first kappa shape index (κ1) is 13.3. The van der Waals surface area contributed by atoms with Crippen molar-refractivity contribution in [1.29, 1.82) is 0 Å². The van der Waals surface area contributed by atoms with Gasteiger partial charge in [-0.25, -0.2) is 4.39 Å². The Kier molecular flexibility index (Phi) is 4.59. The maximum Gasteiger partial charge on any atom is 0.165 e. The standard InChI is InChI=1S/C15H21FO2/c1-2-11-6-8-13(9-7-11)18-15-12(10-17)4-3-5-14(15)16/h3-5,11,13,17H,2,6-10H2,1H3. The molecule has 0 saturated heterocycles. The van der Waals surface area contributed by atoms with Crippen LogP contribution in [-0.2, 0) is 6.61 Å². The van der Waals surface area contributed by atoms with Crippen molar-refractivity contribution < 1.29 is 14.2 Å². The summed E-state index contributed by atoms with van der Waals surface area (Å²) in [6, 6.07) is 4.68. The average Bonchev–Trinajstić information content (AvgIpc) is 2.42. The minimum atomic E-state index is -0.376. The first-order valence-corrected chi connectivity index (χ1v) is 6.79. The lowest BCUT2D eigenvalue weighted by Crippen LogP contribution is -2.24. The Labute approximate surface area is 108 Å². The number of benzene rings is 1. The summed E-state index contributed by atoms with van der Waals surface area (Å²) in [6.07, 6.45) is 5.59. The van der Waals surface area contributed by atoms with Crippen molar-refractivity contribution in [3.63, 3.8) is 0 Å². The van der Waals surface area contributed by atoms with Gasteiger partial charge >= 0.3 is 0 Å². The number of ether oxygens (including phenoxy) is 1. The van der Waals surface area contributed by atoms with E-state index in [1.54, 1.807) is 12.1 Å². The molecule has 2 nitrogen and oxygen atoms in total. The molecule has 0 spiro atoms. The molecule has 100 valence electrons. The molecule has 0 aliphatic heterocycles. The van der Waals surface area contributed by atoms with Gasteiger partial charge in [0.25, 0.3) is 0 Å². The minimum absolute atomic E-state index is 0.0926. The second kappa shape index (κ2) is 6.19. The molecule has 0 amide bonds. The van der Waals surface area contributed by atoms with Gasteiger partial charge in [0.15, 0.2) is 11.6 Å². The fourth-order valence-corrected chi connectivity index (χ4v) is 2.63. The predicted octanol–water partition coefficient (Wildman–Crippen LogP) is 3.67. The van der Waals surface area contributed by atoms with E-state index in [1.807, 2.05) is 0 Å². The highest BCUT2D eigenvalue weighted by molar-refractivity contribution is 5.34. The molecular formula is C15H21FO2. The third-order valence-corrected chi connectivity index (χ3v) is 3.87. The highest BCUT2D eigenvalue weighted by atomic mass is 19.1. The van der Waals surface area contributed by atoms with Crippen LogP contribution in [0.3, 0.4) is 0 Å². The minimum Gasteiger partial charge on any atom is -0.487 e. The molecule has 3 heteroatoms. The number of para-hydroxylation sites is 1. The molecule has 0 bridgehead atoms. The highest BCUT2D eigenvalue weighted by Gasteiger charge is 2.23. The van der Waals surface area contributed by atoms with E-state index in [-0.39, 0.29) is 24.3 Å². The van der Waals surface area contributed by atoms with Crippen LogP contribution in [0.2, 0.25) is 0 Å². The third kappa shape index (κ3) is 3.02. The molecule has 1 fully saturated rings. The van der Waals surface area contributed by atoms with Crippen LogP contribution in [-0.4, -0.2) is 11.2 Å². The van der Waals surface area contributed by atoms with E-state index in [0.717, 1.165) is 31.6 Å². The van der Waals surface area contributed by atoms with Crippen LogP contribution in [0.4, 0.5) is 4.39 Å². The number of hydrogen-bond acceptors (Lipinski definition) is 2. The molecular weight excluding hydrogens is 231 g/mol. The van der Waals surface area contributed by atoms with Gasteiger partial charge in [0, 0.05) is 5.56 Å². The zero-order chi connectivity index (χ0) is 13.0. The third-order valence-electron chi connectivity index (χ3n) is 3.87. The predicted molar refractivity (Wildman–Crippen MR) is 69.0 cm³/mol. The van der Waals surface area contributed by atoms with Crippen LogP contribution >= 0.6 is 0 Å². The maximum absolute atomic E-state index is 13.7. The van der Waals surface area contributed by atoms with Crippen LogP contribution in [0.25, 0.3) is 0 Å². The largest absolute Gasteiger partial charge is 0.487 e. The van der Waals surface area contributed by atoms with Crippen molar-refractivity contribution in [2.24, 2.45) is 5.92 Å². The lowest BCUT2D eigenvalue weighted by molar-refractivity contribution is 0.121. The Morgan fingerprint density at radius 1 is 1.28 bits per heavy atom. The van der Waals surface area contributed by atoms with Gasteiger partial charge in [0.2, 0.25) is 0 Å². The topological polar surface area (TPSA) is 29.5 Å². The van der Waals surface area contributed by atoms with Gasteiger partial charge in [0.05, 0.1) is 12.7 Å².